The minimum absolute atomic E-state index is 0.445. The Morgan fingerprint density at radius 3 is 2.33 bits per heavy atom. The number of nitrogens with two attached hydrogens (primary N) is 1. The highest BCUT2D eigenvalue weighted by molar-refractivity contribution is 7.81. The largest absolute Gasteiger partial charge is 0.389 e. The summed E-state index contributed by atoms with van der Waals surface area (Å²) in [5.74, 6) is 0. The molecule has 0 saturated heterocycles. The minimum atomic E-state index is 0.445. The molecule has 0 bridgehead atoms. The zero-order chi connectivity index (χ0) is 13.1. The molecule has 0 fully saturated rings. The minimum Gasteiger partial charge on any atom is -0.389 e. The van der Waals surface area contributed by atoms with Crippen LogP contribution in [0.5, 0.6) is 0 Å². The zero-order valence-corrected chi connectivity index (χ0v) is 12.2. The molecule has 0 unspecified atom stereocenters. The highest BCUT2D eigenvalue weighted by atomic mass is 32.1. The third-order valence-electron chi connectivity index (χ3n) is 2.87. The Balaban J connectivity index is 2.40. The Bertz CT molecular complexity index is 556. The predicted molar refractivity (Wildman–Crippen MR) is 82.2 cm³/mol. The van der Waals surface area contributed by atoms with E-state index in [-0.39, 0.29) is 0 Å². The number of thiazole rings is 1. The van der Waals surface area contributed by atoms with Gasteiger partial charge in [-0.3, -0.25) is 0 Å². The highest BCUT2D eigenvalue weighted by Gasteiger charge is 2.12. The van der Waals surface area contributed by atoms with Gasteiger partial charge in [-0.15, -0.1) is 11.3 Å². The molecule has 0 atom stereocenters. The molecule has 2 N–H and O–H groups in total. The van der Waals surface area contributed by atoms with Crippen molar-refractivity contribution >= 4 is 28.5 Å². The van der Waals surface area contributed by atoms with Crippen molar-refractivity contribution in [1.29, 1.82) is 0 Å². The molecule has 4 heteroatoms. The van der Waals surface area contributed by atoms with Gasteiger partial charge < -0.3 is 5.73 Å². The van der Waals surface area contributed by atoms with Crippen molar-refractivity contribution in [2.45, 2.75) is 26.7 Å². The van der Waals surface area contributed by atoms with E-state index in [2.05, 4.69) is 43.1 Å². The lowest BCUT2D eigenvalue weighted by molar-refractivity contribution is 1.06. The van der Waals surface area contributed by atoms with Crippen LogP contribution >= 0.6 is 23.6 Å². The van der Waals surface area contributed by atoms with E-state index in [9.17, 15) is 0 Å². The molecule has 0 amide bonds. The summed E-state index contributed by atoms with van der Waals surface area (Å²) in [4.78, 5) is 6.02. The molecule has 2 nitrogen and oxygen atoms in total. The third-order valence-corrected chi connectivity index (χ3v) is 4.38. The molecule has 2 rings (SSSR count). The van der Waals surface area contributed by atoms with Gasteiger partial charge in [0, 0.05) is 5.56 Å². The van der Waals surface area contributed by atoms with Gasteiger partial charge in [0.25, 0.3) is 0 Å². The van der Waals surface area contributed by atoms with E-state index in [0.29, 0.717) is 4.99 Å². The lowest BCUT2D eigenvalue weighted by Crippen LogP contribution is -2.09. The van der Waals surface area contributed by atoms with Crippen LogP contribution in [0.25, 0.3) is 10.6 Å². The summed E-state index contributed by atoms with van der Waals surface area (Å²) in [6.45, 7) is 4.22. The Kier molecular flexibility index (Phi) is 4.09. The first kappa shape index (κ1) is 13.2. The van der Waals surface area contributed by atoms with Gasteiger partial charge in [0.1, 0.15) is 10.00 Å². The van der Waals surface area contributed by atoms with Crippen molar-refractivity contribution in [1.82, 2.24) is 4.98 Å². The zero-order valence-electron chi connectivity index (χ0n) is 10.6. The summed E-state index contributed by atoms with van der Waals surface area (Å²) in [5, 5.41) is 0.998. The fourth-order valence-corrected chi connectivity index (χ4v) is 3.04. The summed E-state index contributed by atoms with van der Waals surface area (Å²) in [6.07, 6.45) is 1.91. The normalized spacial score (nSPS) is 10.6. The van der Waals surface area contributed by atoms with Crippen LogP contribution in [0.1, 0.15) is 30.0 Å². The van der Waals surface area contributed by atoms with E-state index in [1.165, 1.54) is 5.56 Å². The van der Waals surface area contributed by atoms with E-state index in [1.54, 1.807) is 11.3 Å². The van der Waals surface area contributed by atoms with Crippen molar-refractivity contribution < 1.29 is 0 Å². The first-order valence-electron chi connectivity index (χ1n) is 6.04. The quantitative estimate of drug-likeness (QED) is 0.868. The first-order chi connectivity index (χ1) is 8.65. The van der Waals surface area contributed by atoms with E-state index < -0.39 is 0 Å². The van der Waals surface area contributed by atoms with Crippen molar-refractivity contribution in [3.8, 4) is 10.6 Å². The van der Waals surface area contributed by atoms with Crippen LogP contribution in [0.2, 0.25) is 0 Å². The number of benzene rings is 1. The summed E-state index contributed by atoms with van der Waals surface area (Å²) in [7, 11) is 0. The first-order valence-corrected chi connectivity index (χ1v) is 7.27. The van der Waals surface area contributed by atoms with Gasteiger partial charge in [0.15, 0.2) is 0 Å². The number of aromatic nitrogens is 1. The van der Waals surface area contributed by atoms with E-state index in [0.717, 1.165) is 34.0 Å². The molecule has 0 radical (unpaired) electrons. The molecule has 0 spiro atoms. The van der Waals surface area contributed by atoms with Crippen molar-refractivity contribution in [2.75, 3.05) is 0 Å². The topological polar surface area (TPSA) is 38.9 Å². The second kappa shape index (κ2) is 5.59. The lowest BCUT2D eigenvalue weighted by Gasteiger charge is -1.98. The van der Waals surface area contributed by atoms with Crippen LogP contribution in [0.4, 0.5) is 0 Å². The Morgan fingerprint density at radius 2 is 1.89 bits per heavy atom. The molecule has 2 aromatic rings. The SMILES string of the molecule is CCc1ccc(-c2nc(CC)c(C(N)=S)s2)cc1. The van der Waals surface area contributed by atoms with E-state index in [4.69, 9.17) is 18.0 Å². The number of thiocarbonyl (C=S) groups is 1. The fourth-order valence-electron chi connectivity index (χ4n) is 1.79. The molecular weight excluding hydrogens is 260 g/mol. The second-order valence-corrected chi connectivity index (χ2v) is 5.50. The molecule has 0 aliphatic rings. The molecule has 0 aliphatic carbocycles. The number of nitrogens with zero attached hydrogens (tertiary/aromatic N) is 1. The Hall–Kier alpha value is -1.26. The maximum atomic E-state index is 5.73. The van der Waals surface area contributed by atoms with Gasteiger partial charge in [-0.1, -0.05) is 50.3 Å². The summed E-state index contributed by atoms with van der Waals surface area (Å²) in [6, 6.07) is 8.51. The monoisotopic (exact) mass is 276 g/mol. The molecule has 1 heterocycles. The van der Waals surface area contributed by atoms with Crippen LogP contribution in [0, 0.1) is 0 Å². The van der Waals surface area contributed by atoms with Gasteiger partial charge in [0.05, 0.1) is 10.6 Å². The second-order valence-electron chi connectivity index (χ2n) is 4.06. The summed E-state index contributed by atoms with van der Waals surface area (Å²) in [5.41, 5.74) is 9.20. The van der Waals surface area contributed by atoms with Crippen molar-refractivity contribution in [3.63, 3.8) is 0 Å². The van der Waals surface area contributed by atoms with Gasteiger partial charge in [-0.25, -0.2) is 4.98 Å². The van der Waals surface area contributed by atoms with Gasteiger partial charge in [-0.05, 0) is 18.4 Å². The fraction of sp³-hybridized carbons (Fsp3) is 0.286. The standard InChI is InChI=1S/C14H16N2S2/c1-3-9-5-7-10(8-6-9)14-16-11(4-2)12(18-14)13(15)17/h5-8H,3-4H2,1-2H3,(H2,15,17). The van der Waals surface area contributed by atoms with Crippen LogP contribution in [-0.4, -0.2) is 9.97 Å². The van der Waals surface area contributed by atoms with E-state index in [1.807, 2.05) is 0 Å². The van der Waals surface area contributed by atoms with Crippen LogP contribution < -0.4 is 5.73 Å². The average Bonchev–Trinajstić information content (AvgIpc) is 2.83. The summed E-state index contributed by atoms with van der Waals surface area (Å²) >= 11 is 6.65. The number of hydrogen-bond donors (Lipinski definition) is 1. The van der Waals surface area contributed by atoms with Crippen LogP contribution in [0.15, 0.2) is 24.3 Å². The molecule has 18 heavy (non-hydrogen) atoms. The van der Waals surface area contributed by atoms with E-state index >= 15 is 0 Å². The molecular formula is C14H16N2S2. The molecule has 0 aliphatic heterocycles. The van der Waals surface area contributed by atoms with Gasteiger partial charge >= 0.3 is 0 Å². The highest BCUT2D eigenvalue weighted by Crippen LogP contribution is 2.28. The van der Waals surface area contributed by atoms with Crippen LogP contribution in [0.3, 0.4) is 0 Å². The molecule has 94 valence electrons. The smallest absolute Gasteiger partial charge is 0.124 e. The molecule has 1 aromatic carbocycles. The molecule has 0 saturated carbocycles. The maximum Gasteiger partial charge on any atom is 0.124 e. The predicted octanol–water partition coefficient (Wildman–Crippen LogP) is 3.57. The number of hydrogen-bond acceptors (Lipinski definition) is 3. The summed E-state index contributed by atoms with van der Waals surface area (Å²) < 4.78 is 0. The lowest BCUT2D eigenvalue weighted by atomic mass is 10.1. The molecule has 1 aromatic heterocycles. The maximum absolute atomic E-state index is 5.73. The Labute approximate surface area is 117 Å². The average molecular weight is 276 g/mol. The third kappa shape index (κ3) is 2.60. The Morgan fingerprint density at radius 1 is 1.22 bits per heavy atom. The van der Waals surface area contributed by atoms with Crippen molar-refractivity contribution in [3.05, 3.63) is 40.4 Å². The van der Waals surface area contributed by atoms with Crippen molar-refractivity contribution in [2.24, 2.45) is 5.73 Å². The van der Waals surface area contributed by atoms with Gasteiger partial charge in [0.2, 0.25) is 0 Å². The number of aryl methyl sites for hydroxylation is 2. The van der Waals surface area contributed by atoms with Gasteiger partial charge in [-0.2, -0.15) is 0 Å². The van der Waals surface area contributed by atoms with Crippen LogP contribution in [-0.2, 0) is 12.8 Å². The number of rotatable bonds is 4.